The molecule has 0 bridgehead atoms. The summed E-state index contributed by atoms with van der Waals surface area (Å²) in [5.74, 6) is -3.23. The van der Waals surface area contributed by atoms with Crippen molar-refractivity contribution < 1.29 is 28.2 Å². The molecule has 5 rings (SSSR count). The van der Waals surface area contributed by atoms with Crippen molar-refractivity contribution in [2.45, 2.75) is 64.5 Å². The first-order chi connectivity index (χ1) is 20.2. The Balaban J connectivity index is 1.49. The SMILES string of the molecule is CCOC(=O)C1=C([C@H]2CC[C@H](c3cn(CCC(=O)O)nc3C)CC2)NC(c2nccs2)=NC1c1ccc(F)c(F)c1Cl. The number of carboxylic acids is 1. The van der Waals surface area contributed by atoms with Gasteiger partial charge in [0.25, 0.3) is 0 Å². The minimum absolute atomic E-state index is 0.00408. The Labute approximate surface area is 250 Å². The van der Waals surface area contributed by atoms with Crippen LogP contribution in [0, 0.1) is 24.5 Å². The summed E-state index contributed by atoms with van der Waals surface area (Å²) in [5.41, 5.74) is 2.95. The Morgan fingerprint density at radius 3 is 2.60 bits per heavy atom. The van der Waals surface area contributed by atoms with E-state index in [9.17, 15) is 18.4 Å². The van der Waals surface area contributed by atoms with Crippen molar-refractivity contribution >= 4 is 40.7 Å². The maximum atomic E-state index is 14.6. The molecule has 2 N–H and O–H groups in total. The van der Waals surface area contributed by atoms with Crippen LogP contribution >= 0.6 is 22.9 Å². The number of aromatic nitrogens is 3. The predicted octanol–water partition coefficient (Wildman–Crippen LogP) is 5.94. The zero-order valence-corrected chi connectivity index (χ0v) is 24.6. The molecule has 0 amide bonds. The van der Waals surface area contributed by atoms with Gasteiger partial charge in [0.15, 0.2) is 22.5 Å². The quantitative estimate of drug-likeness (QED) is 0.225. The van der Waals surface area contributed by atoms with Gasteiger partial charge in [-0.2, -0.15) is 5.10 Å². The van der Waals surface area contributed by atoms with Crippen LogP contribution in [0.1, 0.15) is 72.8 Å². The number of rotatable bonds is 9. The van der Waals surface area contributed by atoms with E-state index in [1.54, 1.807) is 23.2 Å². The Morgan fingerprint density at radius 1 is 1.19 bits per heavy atom. The molecule has 3 heterocycles. The van der Waals surface area contributed by atoms with Crippen molar-refractivity contribution in [3.05, 3.63) is 79.7 Å². The van der Waals surface area contributed by atoms with Gasteiger partial charge in [-0.25, -0.2) is 18.6 Å². The molecule has 2 aliphatic rings. The number of nitrogens with one attached hydrogen (secondary N) is 1. The van der Waals surface area contributed by atoms with Gasteiger partial charge < -0.3 is 15.2 Å². The molecular formula is C29H30ClF2N5O4S. The molecular weight excluding hydrogens is 588 g/mol. The molecule has 1 saturated carbocycles. The van der Waals surface area contributed by atoms with Gasteiger partial charge >= 0.3 is 11.9 Å². The minimum Gasteiger partial charge on any atom is -0.481 e. The van der Waals surface area contributed by atoms with Crippen LogP contribution in [0.2, 0.25) is 5.02 Å². The van der Waals surface area contributed by atoms with Crippen LogP contribution in [0.15, 0.2) is 46.2 Å². The number of aliphatic imine (C=N–C) groups is 1. The summed E-state index contributed by atoms with van der Waals surface area (Å²) < 4.78 is 35.7. The van der Waals surface area contributed by atoms with E-state index >= 15 is 0 Å². The number of ether oxygens (including phenoxy) is 1. The van der Waals surface area contributed by atoms with Crippen molar-refractivity contribution in [1.82, 2.24) is 20.1 Å². The van der Waals surface area contributed by atoms with Crippen molar-refractivity contribution in [3.8, 4) is 0 Å². The van der Waals surface area contributed by atoms with Gasteiger partial charge in [0.2, 0.25) is 0 Å². The second-order valence-corrected chi connectivity index (χ2v) is 11.6. The second-order valence-electron chi connectivity index (χ2n) is 10.3. The highest BCUT2D eigenvalue weighted by Crippen LogP contribution is 2.44. The van der Waals surface area contributed by atoms with Crippen LogP contribution in [0.3, 0.4) is 0 Å². The topological polar surface area (TPSA) is 119 Å². The normalized spacial score (nSPS) is 20.7. The molecule has 42 heavy (non-hydrogen) atoms. The highest BCUT2D eigenvalue weighted by Gasteiger charge is 2.39. The van der Waals surface area contributed by atoms with Crippen molar-refractivity contribution in [3.63, 3.8) is 0 Å². The fraction of sp³-hybridized carbons (Fsp3) is 0.414. The number of aliphatic carboxylic acids is 1. The number of amidine groups is 1. The van der Waals surface area contributed by atoms with Gasteiger partial charge in [-0.3, -0.25) is 14.5 Å². The second kappa shape index (κ2) is 12.7. The number of hydrogen-bond donors (Lipinski definition) is 2. The zero-order valence-electron chi connectivity index (χ0n) is 23.1. The number of esters is 1. The predicted molar refractivity (Wildman–Crippen MR) is 153 cm³/mol. The number of hydrogen-bond acceptors (Lipinski definition) is 8. The number of carbonyl (C=O) groups is 2. The fourth-order valence-corrected chi connectivity index (χ4v) is 6.54. The van der Waals surface area contributed by atoms with E-state index in [1.165, 1.54) is 17.4 Å². The van der Waals surface area contributed by atoms with Gasteiger partial charge in [0.1, 0.15) is 6.04 Å². The molecule has 0 spiro atoms. The highest BCUT2D eigenvalue weighted by molar-refractivity contribution is 7.11. The van der Waals surface area contributed by atoms with Gasteiger partial charge in [0, 0.05) is 29.0 Å². The molecule has 1 atom stereocenters. The standard InChI is InChI=1S/C29H30ClF2N5O4S/c1-3-41-29(40)22-25(17-6-4-16(5-7-17)19-14-37(36-15(19)2)12-10-21(38)39)34-27(28-33-11-13-42-28)35-26(22)18-8-9-20(31)24(32)23(18)30/h8-9,11,13-14,16-17,26H,3-7,10,12H2,1-2H3,(H,34,35)(H,38,39)/t16-,17-,26?. The molecule has 1 aliphatic heterocycles. The zero-order chi connectivity index (χ0) is 30.0. The third-order valence-corrected chi connectivity index (χ3v) is 8.84. The number of aryl methyl sites for hydroxylation is 2. The highest BCUT2D eigenvalue weighted by atomic mass is 35.5. The number of benzene rings is 1. The molecule has 3 aromatic rings. The molecule has 1 unspecified atom stereocenters. The van der Waals surface area contributed by atoms with Gasteiger partial charge in [-0.1, -0.05) is 17.7 Å². The molecule has 1 fully saturated rings. The third kappa shape index (κ3) is 6.10. The van der Waals surface area contributed by atoms with Gasteiger partial charge in [0.05, 0.1) is 35.9 Å². The number of carboxylic acid groups (broad SMARTS) is 1. The number of carbonyl (C=O) groups excluding carboxylic acids is 1. The van der Waals surface area contributed by atoms with E-state index < -0.39 is 34.6 Å². The number of halogens is 3. The molecule has 2 aromatic heterocycles. The van der Waals surface area contributed by atoms with Crippen molar-refractivity contribution in [2.75, 3.05) is 6.61 Å². The Kier molecular flexibility index (Phi) is 9.02. The number of allylic oxidation sites excluding steroid dienone is 1. The number of thiazole rings is 1. The van der Waals surface area contributed by atoms with E-state index in [2.05, 4.69) is 15.4 Å². The van der Waals surface area contributed by atoms with E-state index in [1.807, 2.05) is 13.1 Å². The van der Waals surface area contributed by atoms with Gasteiger partial charge in [-0.15, -0.1) is 11.3 Å². The lowest BCUT2D eigenvalue weighted by molar-refractivity contribution is -0.139. The monoisotopic (exact) mass is 617 g/mol. The summed E-state index contributed by atoms with van der Waals surface area (Å²) >= 11 is 7.65. The maximum absolute atomic E-state index is 14.6. The molecule has 0 radical (unpaired) electrons. The first-order valence-electron chi connectivity index (χ1n) is 13.7. The van der Waals surface area contributed by atoms with E-state index in [0.29, 0.717) is 23.1 Å². The van der Waals surface area contributed by atoms with Crippen LogP contribution in [0.5, 0.6) is 0 Å². The molecule has 0 saturated heterocycles. The van der Waals surface area contributed by atoms with Crippen LogP contribution < -0.4 is 5.32 Å². The molecule has 9 nitrogen and oxygen atoms in total. The average molecular weight is 618 g/mol. The summed E-state index contributed by atoms with van der Waals surface area (Å²) in [4.78, 5) is 33.6. The average Bonchev–Trinajstić information content (AvgIpc) is 3.65. The Bertz CT molecular complexity index is 1550. The lowest BCUT2D eigenvalue weighted by Gasteiger charge is -2.35. The fourth-order valence-electron chi connectivity index (χ4n) is 5.70. The Morgan fingerprint density at radius 2 is 1.93 bits per heavy atom. The molecule has 13 heteroatoms. The van der Waals surface area contributed by atoms with E-state index in [0.717, 1.165) is 43.0 Å². The molecule has 222 valence electrons. The number of nitrogens with zero attached hydrogens (tertiary/aromatic N) is 4. The molecule has 1 aliphatic carbocycles. The van der Waals surface area contributed by atoms with Gasteiger partial charge in [-0.05, 0) is 63.0 Å². The van der Waals surface area contributed by atoms with Crippen molar-refractivity contribution in [1.29, 1.82) is 0 Å². The summed E-state index contributed by atoms with van der Waals surface area (Å²) in [6.45, 7) is 4.05. The first-order valence-corrected chi connectivity index (χ1v) is 15.0. The third-order valence-electron chi connectivity index (χ3n) is 7.68. The van der Waals surface area contributed by atoms with Crippen LogP contribution in [-0.2, 0) is 20.9 Å². The lowest BCUT2D eigenvalue weighted by atomic mass is 9.76. The van der Waals surface area contributed by atoms with Crippen molar-refractivity contribution in [2.24, 2.45) is 10.9 Å². The Hall–Kier alpha value is -3.64. The summed E-state index contributed by atoms with van der Waals surface area (Å²) in [7, 11) is 0. The van der Waals surface area contributed by atoms with E-state index in [-0.39, 0.29) is 36.0 Å². The lowest BCUT2D eigenvalue weighted by Crippen LogP contribution is -2.38. The van der Waals surface area contributed by atoms with Crippen LogP contribution in [0.25, 0.3) is 0 Å². The van der Waals surface area contributed by atoms with Crippen LogP contribution in [-0.4, -0.2) is 44.3 Å². The van der Waals surface area contributed by atoms with Crippen LogP contribution in [0.4, 0.5) is 8.78 Å². The first kappa shape index (κ1) is 29.8. The largest absolute Gasteiger partial charge is 0.481 e. The minimum atomic E-state index is -1.21. The summed E-state index contributed by atoms with van der Waals surface area (Å²) in [6, 6.07) is 1.29. The summed E-state index contributed by atoms with van der Waals surface area (Å²) in [5, 5.41) is 18.8. The van der Waals surface area contributed by atoms with E-state index in [4.69, 9.17) is 26.4 Å². The molecule has 1 aromatic carbocycles. The maximum Gasteiger partial charge on any atom is 0.338 e. The summed E-state index contributed by atoms with van der Waals surface area (Å²) in [6.07, 6.45) is 6.61. The smallest absolute Gasteiger partial charge is 0.338 e.